The van der Waals surface area contributed by atoms with Gasteiger partial charge in [0, 0.05) is 23.1 Å². The molecule has 6 nitrogen and oxygen atoms in total. The molecule has 6 heteroatoms. The number of nitrogens with one attached hydrogen (secondary N) is 2. The summed E-state index contributed by atoms with van der Waals surface area (Å²) in [5.41, 5.74) is 4.56. The molecule has 2 aromatic heterocycles. The first-order valence-electron chi connectivity index (χ1n) is 9.42. The number of nitrogens with zero attached hydrogens (tertiary/aromatic N) is 2. The Bertz CT molecular complexity index is 1150. The third-order valence-electron chi connectivity index (χ3n) is 5.42. The second-order valence-corrected chi connectivity index (χ2v) is 7.20. The molecule has 5 rings (SSSR count). The maximum atomic E-state index is 12.8. The molecule has 1 fully saturated rings. The van der Waals surface area contributed by atoms with Crippen molar-refractivity contribution in [2.24, 2.45) is 5.92 Å². The Hall–Kier alpha value is -3.25. The van der Waals surface area contributed by atoms with Gasteiger partial charge in [-0.25, -0.2) is 4.98 Å². The van der Waals surface area contributed by atoms with Crippen LogP contribution in [0, 0.1) is 5.92 Å². The van der Waals surface area contributed by atoms with Crippen LogP contribution in [0.1, 0.15) is 15.9 Å². The number of hydrogen-bond donors (Lipinski definition) is 2. The van der Waals surface area contributed by atoms with Gasteiger partial charge in [-0.05, 0) is 42.3 Å². The first kappa shape index (κ1) is 16.9. The van der Waals surface area contributed by atoms with Crippen molar-refractivity contribution in [3.8, 4) is 0 Å². The number of carbonyl (C=O) groups excluding carboxylic acids is 1. The minimum absolute atomic E-state index is 0.0168. The lowest BCUT2D eigenvalue weighted by atomic mass is 9.93. The third-order valence-corrected chi connectivity index (χ3v) is 5.42. The normalized spacial score (nSPS) is 19.3. The fourth-order valence-corrected chi connectivity index (χ4v) is 3.90. The van der Waals surface area contributed by atoms with Gasteiger partial charge in [0.2, 0.25) is 0 Å². The molecule has 0 aliphatic carbocycles. The van der Waals surface area contributed by atoms with Crippen LogP contribution in [0.4, 0.5) is 0 Å². The van der Waals surface area contributed by atoms with E-state index in [9.17, 15) is 4.79 Å². The van der Waals surface area contributed by atoms with Crippen molar-refractivity contribution >= 4 is 27.8 Å². The summed E-state index contributed by atoms with van der Waals surface area (Å²) in [4.78, 5) is 24.4. The summed E-state index contributed by atoms with van der Waals surface area (Å²) in [6.07, 6.45) is 4.32. The van der Waals surface area contributed by atoms with Crippen LogP contribution in [0.25, 0.3) is 21.9 Å². The number of rotatable bonds is 4. The number of aromatic nitrogens is 3. The largest absolute Gasteiger partial charge is 0.379 e. The number of carbonyl (C=O) groups is 1. The van der Waals surface area contributed by atoms with E-state index in [-0.39, 0.29) is 17.9 Å². The number of imidazole rings is 1. The predicted molar refractivity (Wildman–Crippen MR) is 107 cm³/mol. The van der Waals surface area contributed by atoms with Gasteiger partial charge in [0.1, 0.15) is 0 Å². The van der Waals surface area contributed by atoms with Crippen molar-refractivity contribution in [3.63, 3.8) is 0 Å². The van der Waals surface area contributed by atoms with E-state index < -0.39 is 0 Å². The average molecular weight is 372 g/mol. The fraction of sp³-hybridized carbons (Fsp3) is 0.227. The van der Waals surface area contributed by atoms with E-state index >= 15 is 0 Å². The van der Waals surface area contributed by atoms with Gasteiger partial charge >= 0.3 is 0 Å². The number of hydrogen-bond acceptors (Lipinski definition) is 4. The highest BCUT2D eigenvalue weighted by Crippen LogP contribution is 2.24. The van der Waals surface area contributed by atoms with Crippen molar-refractivity contribution in [1.29, 1.82) is 0 Å². The van der Waals surface area contributed by atoms with E-state index in [0.717, 1.165) is 28.4 Å². The number of ether oxygens (including phenoxy) is 1. The van der Waals surface area contributed by atoms with Crippen molar-refractivity contribution in [2.45, 2.75) is 12.5 Å². The molecule has 3 heterocycles. The lowest BCUT2D eigenvalue weighted by Gasteiger charge is -2.20. The first-order chi connectivity index (χ1) is 13.8. The molecule has 0 radical (unpaired) electrons. The minimum atomic E-state index is -0.0865. The van der Waals surface area contributed by atoms with Gasteiger partial charge in [-0.2, -0.15) is 0 Å². The van der Waals surface area contributed by atoms with Gasteiger partial charge in [-0.15, -0.1) is 0 Å². The molecule has 1 saturated heterocycles. The van der Waals surface area contributed by atoms with Gasteiger partial charge in [0.15, 0.2) is 0 Å². The van der Waals surface area contributed by atoms with E-state index in [0.29, 0.717) is 18.8 Å². The topological polar surface area (TPSA) is 79.9 Å². The van der Waals surface area contributed by atoms with Crippen molar-refractivity contribution in [1.82, 2.24) is 20.3 Å². The number of para-hydroxylation sites is 1. The summed E-state index contributed by atoms with van der Waals surface area (Å²) in [6, 6.07) is 15.7. The van der Waals surface area contributed by atoms with Crippen LogP contribution in [0.15, 0.2) is 61.1 Å². The van der Waals surface area contributed by atoms with Crippen LogP contribution in [-0.4, -0.2) is 40.1 Å². The molecule has 2 atom stereocenters. The number of amides is 1. The van der Waals surface area contributed by atoms with Gasteiger partial charge < -0.3 is 15.0 Å². The molecule has 0 unspecified atom stereocenters. The average Bonchev–Trinajstić information content (AvgIpc) is 3.37. The summed E-state index contributed by atoms with van der Waals surface area (Å²) in [7, 11) is 0. The number of pyridine rings is 1. The fourth-order valence-electron chi connectivity index (χ4n) is 3.90. The molecule has 0 spiro atoms. The standard InChI is InChI=1S/C22H20N4O2/c27-22(15-5-6-19-20(10-15)25-13-24-19)26-21-12-28-11-16(21)9-14-7-8-23-18-4-2-1-3-17(14)18/h1-8,10,13,16,21H,9,11-12H2,(H,24,25)(H,26,27)/t16-,21+/m1/s1. The number of H-pyrrole nitrogens is 1. The van der Waals surface area contributed by atoms with E-state index in [1.807, 2.05) is 36.5 Å². The molecule has 1 aliphatic rings. The van der Waals surface area contributed by atoms with E-state index in [1.165, 1.54) is 5.56 Å². The molecule has 140 valence electrons. The molecule has 0 saturated carbocycles. The molecule has 1 aliphatic heterocycles. The van der Waals surface area contributed by atoms with Crippen LogP contribution in [0.5, 0.6) is 0 Å². The van der Waals surface area contributed by atoms with Gasteiger partial charge in [0.05, 0.1) is 42.1 Å². The van der Waals surface area contributed by atoms with Crippen LogP contribution < -0.4 is 5.32 Å². The van der Waals surface area contributed by atoms with E-state index in [4.69, 9.17) is 4.74 Å². The smallest absolute Gasteiger partial charge is 0.251 e. The van der Waals surface area contributed by atoms with Crippen molar-refractivity contribution in [3.05, 3.63) is 72.2 Å². The lowest BCUT2D eigenvalue weighted by Crippen LogP contribution is -2.40. The second-order valence-electron chi connectivity index (χ2n) is 7.20. The van der Waals surface area contributed by atoms with Crippen LogP contribution in [0.3, 0.4) is 0 Å². The van der Waals surface area contributed by atoms with Gasteiger partial charge in [-0.3, -0.25) is 9.78 Å². The maximum Gasteiger partial charge on any atom is 0.251 e. The first-order valence-corrected chi connectivity index (χ1v) is 9.42. The Labute approximate surface area is 162 Å². The number of benzene rings is 2. The summed E-state index contributed by atoms with van der Waals surface area (Å²) < 4.78 is 5.70. The van der Waals surface area contributed by atoms with Crippen molar-refractivity contribution in [2.75, 3.05) is 13.2 Å². The molecule has 4 aromatic rings. The number of fused-ring (bicyclic) bond motifs is 2. The Balaban J connectivity index is 1.34. The predicted octanol–water partition coefficient (Wildman–Crippen LogP) is 3.10. The summed E-state index contributed by atoms with van der Waals surface area (Å²) in [5.74, 6) is 0.141. The Kier molecular flexibility index (Phi) is 4.25. The zero-order valence-electron chi connectivity index (χ0n) is 15.3. The van der Waals surface area contributed by atoms with Gasteiger partial charge in [0.25, 0.3) is 5.91 Å². The molecule has 1 amide bonds. The Morgan fingerprint density at radius 3 is 3.00 bits per heavy atom. The summed E-state index contributed by atoms with van der Waals surface area (Å²) in [5, 5.41) is 4.32. The van der Waals surface area contributed by atoms with Gasteiger partial charge in [-0.1, -0.05) is 18.2 Å². The van der Waals surface area contributed by atoms with Crippen LogP contribution in [0.2, 0.25) is 0 Å². The van der Waals surface area contributed by atoms with Crippen LogP contribution in [-0.2, 0) is 11.2 Å². The highest BCUT2D eigenvalue weighted by molar-refractivity contribution is 5.97. The highest BCUT2D eigenvalue weighted by Gasteiger charge is 2.30. The Morgan fingerprint density at radius 2 is 2.04 bits per heavy atom. The molecule has 28 heavy (non-hydrogen) atoms. The lowest BCUT2D eigenvalue weighted by molar-refractivity contribution is 0.0925. The SMILES string of the molecule is O=C(N[C@H]1COC[C@H]1Cc1ccnc2ccccc12)c1ccc2nc[nH]c2c1. The van der Waals surface area contributed by atoms with Crippen molar-refractivity contribution < 1.29 is 9.53 Å². The quantitative estimate of drug-likeness (QED) is 0.577. The summed E-state index contributed by atoms with van der Waals surface area (Å²) in [6.45, 7) is 1.17. The number of aromatic amines is 1. The maximum absolute atomic E-state index is 12.8. The molecule has 2 N–H and O–H groups in total. The molecular formula is C22H20N4O2. The highest BCUT2D eigenvalue weighted by atomic mass is 16.5. The van der Waals surface area contributed by atoms with E-state index in [2.05, 4.69) is 32.4 Å². The molecular weight excluding hydrogens is 352 g/mol. The monoisotopic (exact) mass is 372 g/mol. The Morgan fingerprint density at radius 1 is 1.11 bits per heavy atom. The third kappa shape index (κ3) is 3.12. The second kappa shape index (κ2) is 7.05. The summed E-state index contributed by atoms with van der Waals surface area (Å²) >= 11 is 0. The minimum Gasteiger partial charge on any atom is -0.379 e. The van der Waals surface area contributed by atoms with E-state index in [1.54, 1.807) is 12.4 Å². The molecule has 0 bridgehead atoms. The zero-order chi connectivity index (χ0) is 18.9. The molecule has 2 aromatic carbocycles. The zero-order valence-corrected chi connectivity index (χ0v) is 15.3. The van der Waals surface area contributed by atoms with Crippen LogP contribution >= 0.6 is 0 Å².